The molecular weight excluding hydrogens is 294 g/mol. The van der Waals surface area contributed by atoms with Gasteiger partial charge < -0.3 is 10.2 Å². The van der Waals surface area contributed by atoms with Crippen molar-refractivity contribution in [3.05, 3.63) is 52.2 Å². The molecule has 2 N–H and O–H groups in total. The van der Waals surface area contributed by atoms with Crippen LogP contribution in [0.25, 0.3) is 0 Å². The smallest absolute Gasteiger partial charge is 0.115 e. The van der Waals surface area contributed by atoms with E-state index < -0.39 is 0 Å². The van der Waals surface area contributed by atoms with Crippen molar-refractivity contribution < 1.29 is 10.2 Å². The molecule has 0 unspecified atom stereocenters. The molecular formula is C18H23NO2S. The Morgan fingerprint density at radius 2 is 1.82 bits per heavy atom. The standard InChI is InChI=1S/C18H23NO2S/c20-17-6-4-16(5-7-17)19(12-15-8-9-22-13-15)11-14-2-1-3-18(21)10-14/h1-3,8-10,13,16-17,20-21H,4-7,11-12H2. The lowest BCUT2D eigenvalue weighted by atomic mass is 9.91. The topological polar surface area (TPSA) is 43.7 Å². The zero-order valence-electron chi connectivity index (χ0n) is 12.7. The second-order valence-corrected chi connectivity index (χ2v) is 6.95. The van der Waals surface area contributed by atoms with E-state index in [9.17, 15) is 10.2 Å². The number of hydrogen-bond donors (Lipinski definition) is 2. The van der Waals surface area contributed by atoms with Crippen molar-refractivity contribution in [1.82, 2.24) is 4.90 Å². The minimum absolute atomic E-state index is 0.125. The van der Waals surface area contributed by atoms with Crippen LogP contribution in [0.15, 0.2) is 41.1 Å². The van der Waals surface area contributed by atoms with Crippen LogP contribution in [-0.2, 0) is 13.1 Å². The Balaban J connectivity index is 1.73. The average Bonchev–Trinajstić information content (AvgIpc) is 3.00. The van der Waals surface area contributed by atoms with Crippen molar-refractivity contribution in [3.63, 3.8) is 0 Å². The summed E-state index contributed by atoms with van der Waals surface area (Å²) in [5, 5.41) is 23.7. The number of aliphatic hydroxyl groups excluding tert-OH is 1. The second-order valence-electron chi connectivity index (χ2n) is 6.17. The van der Waals surface area contributed by atoms with E-state index in [0.29, 0.717) is 11.8 Å². The fourth-order valence-corrected chi connectivity index (χ4v) is 3.90. The Morgan fingerprint density at radius 1 is 1.05 bits per heavy atom. The zero-order chi connectivity index (χ0) is 15.4. The van der Waals surface area contributed by atoms with Gasteiger partial charge >= 0.3 is 0 Å². The lowest BCUT2D eigenvalue weighted by Gasteiger charge is -2.35. The van der Waals surface area contributed by atoms with Crippen LogP contribution in [0.5, 0.6) is 5.75 Å². The van der Waals surface area contributed by atoms with Gasteiger partial charge in [-0.3, -0.25) is 4.90 Å². The van der Waals surface area contributed by atoms with Crippen LogP contribution < -0.4 is 0 Å². The molecule has 0 spiro atoms. The van der Waals surface area contributed by atoms with Crippen LogP contribution in [0.3, 0.4) is 0 Å². The fraction of sp³-hybridized carbons (Fsp3) is 0.444. The molecule has 3 nitrogen and oxygen atoms in total. The van der Waals surface area contributed by atoms with Crippen LogP contribution in [0.2, 0.25) is 0 Å². The SMILES string of the molecule is Oc1cccc(CN(Cc2ccsc2)C2CCC(O)CC2)c1. The van der Waals surface area contributed by atoms with Gasteiger partial charge in [0, 0.05) is 19.1 Å². The molecule has 1 fully saturated rings. The van der Waals surface area contributed by atoms with Crippen LogP contribution in [0.4, 0.5) is 0 Å². The van der Waals surface area contributed by atoms with E-state index in [4.69, 9.17) is 0 Å². The summed E-state index contributed by atoms with van der Waals surface area (Å²) in [6.07, 6.45) is 3.75. The van der Waals surface area contributed by atoms with Crippen LogP contribution in [0, 0.1) is 0 Å². The lowest BCUT2D eigenvalue weighted by molar-refractivity contribution is 0.0666. The molecule has 0 aliphatic heterocycles. The highest BCUT2D eigenvalue weighted by atomic mass is 32.1. The Hall–Kier alpha value is -1.36. The minimum atomic E-state index is -0.125. The van der Waals surface area contributed by atoms with E-state index >= 15 is 0 Å². The third-order valence-electron chi connectivity index (χ3n) is 4.44. The fourth-order valence-electron chi connectivity index (χ4n) is 3.24. The largest absolute Gasteiger partial charge is 0.508 e. The number of aliphatic hydroxyl groups is 1. The van der Waals surface area contributed by atoms with Crippen molar-refractivity contribution in [3.8, 4) is 5.75 Å². The van der Waals surface area contributed by atoms with Crippen LogP contribution in [0.1, 0.15) is 36.8 Å². The molecule has 0 radical (unpaired) electrons. The summed E-state index contributed by atoms with van der Waals surface area (Å²) in [5.41, 5.74) is 2.48. The van der Waals surface area contributed by atoms with E-state index in [2.05, 4.69) is 27.8 Å². The minimum Gasteiger partial charge on any atom is -0.508 e. The van der Waals surface area contributed by atoms with Gasteiger partial charge in [0.2, 0.25) is 0 Å². The highest BCUT2D eigenvalue weighted by molar-refractivity contribution is 7.07. The summed E-state index contributed by atoms with van der Waals surface area (Å²) in [4.78, 5) is 2.49. The molecule has 1 aromatic heterocycles. The Morgan fingerprint density at radius 3 is 2.50 bits per heavy atom. The zero-order valence-corrected chi connectivity index (χ0v) is 13.5. The first kappa shape index (κ1) is 15.5. The molecule has 1 aliphatic carbocycles. The van der Waals surface area contributed by atoms with Crippen LogP contribution in [-0.4, -0.2) is 27.3 Å². The molecule has 4 heteroatoms. The number of nitrogens with zero attached hydrogens (tertiary/aromatic N) is 1. The quantitative estimate of drug-likeness (QED) is 0.882. The monoisotopic (exact) mass is 317 g/mol. The number of hydrogen-bond acceptors (Lipinski definition) is 4. The van der Waals surface area contributed by atoms with E-state index in [1.165, 1.54) is 5.56 Å². The van der Waals surface area contributed by atoms with Gasteiger partial charge in [0.1, 0.15) is 5.75 Å². The average molecular weight is 317 g/mol. The molecule has 3 rings (SSSR count). The molecule has 1 aromatic carbocycles. The van der Waals surface area contributed by atoms with Crippen molar-refractivity contribution in [2.24, 2.45) is 0 Å². The third kappa shape index (κ3) is 4.09. The maximum atomic E-state index is 9.74. The van der Waals surface area contributed by atoms with Crippen molar-refractivity contribution >= 4 is 11.3 Å². The molecule has 2 aromatic rings. The highest BCUT2D eigenvalue weighted by Gasteiger charge is 2.25. The third-order valence-corrected chi connectivity index (χ3v) is 5.18. The number of rotatable bonds is 5. The summed E-state index contributed by atoms with van der Waals surface area (Å²) in [6.45, 7) is 1.77. The van der Waals surface area contributed by atoms with Crippen molar-refractivity contribution in [2.45, 2.75) is 50.9 Å². The molecule has 118 valence electrons. The highest BCUT2D eigenvalue weighted by Crippen LogP contribution is 2.27. The van der Waals surface area contributed by atoms with Gasteiger partial charge in [0.05, 0.1) is 6.10 Å². The Kier molecular flexibility index (Phi) is 5.13. The molecule has 0 bridgehead atoms. The molecule has 1 saturated carbocycles. The van der Waals surface area contributed by atoms with Gasteiger partial charge in [0.15, 0.2) is 0 Å². The van der Waals surface area contributed by atoms with Crippen molar-refractivity contribution in [1.29, 1.82) is 0 Å². The lowest BCUT2D eigenvalue weighted by Crippen LogP contribution is -2.38. The molecule has 0 saturated heterocycles. The Bertz CT molecular complexity index is 577. The molecule has 1 aliphatic rings. The summed E-state index contributed by atoms with van der Waals surface area (Å²) in [6, 6.07) is 10.2. The predicted molar refractivity (Wildman–Crippen MR) is 89.9 cm³/mol. The summed E-state index contributed by atoms with van der Waals surface area (Å²) in [7, 11) is 0. The van der Waals surface area contributed by atoms with E-state index in [1.807, 2.05) is 12.1 Å². The molecule has 1 heterocycles. The first-order valence-corrected chi connectivity index (χ1v) is 8.86. The Labute approximate surface area is 135 Å². The van der Waals surface area contributed by atoms with Gasteiger partial charge in [-0.05, 0) is 65.8 Å². The van der Waals surface area contributed by atoms with Gasteiger partial charge in [-0.15, -0.1) is 0 Å². The van der Waals surface area contributed by atoms with E-state index in [-0.39, 0.29) is 6.10 Å². The summed E-state index contributed by atoms with van der Waals surface area (Å²) >= 11 is 1.73. The first-order chi connectivity index (χ1) is 10.7. The second kappa shape index (κ2) is 7.27. The molecule has 0 amide bonds. The van der Waals surface area contributed by atoms with Gasteiger partial charge in [-0.1, -0.05) is 12.1 Å². The summed E-state index contributed by atoms with van der Waals surface area (Å²) < 4.78 is 0. The van der Waals surface area contributed by atoms with E-state index in [1.54, 1.807) is 17.4 Å². The number of aromatic hydroxyl groups is 1. The normalized spacial score (nSPS) is 22.1. The molecule has 22 heavy (non-hydrogen) atoms. The molecule has 0 atom stereocenters. The van der Waals surface area contributed by atoms with Gasteiger partial charge in [0.25, 0.3) is 0 Å². The van der Waals surface area contributed by atoms with Crippen LogP contribution >= 0.6 is 11.3 Å². The maximum absolute atomic E-state index is 9.74. The van der Waals surface area contributed by atoms with E-state index in [0.717, 1.165) is 44.3 Å². The summed E-state index contributed by atoms with van der Waals surface area (Å²) in [5.74, 6) is 0.326. The number of phenolic OH excluding ortho intramolecular Hbond substituents is 1. The first-order valence-electron chi connectivity index (χ1n) is 7.92. The predicted octanol–water partition coefficient (Wildman–Crippen LogP) is 3.76. The number of thiophene rings is 1. The number of phenols is 1. The van der Waals surface area contributed by atoms with Gasteiger partial charge in [-0.25, -0.2) is 0 Å². The number of benzene rings is 1. The van der Waals surface area contributed by atoms with Gasteiger partial charge in [-0.2, -0.15) is 11.3 Å². The van der Waals surface area contributed by atoms with Crippen molar-refractivity contribution in [2.75, 3.05) is 0 Å². The maximum Gasteiger partial charge on any atom is 0.115 e.